The van der Waals surface area contributed by atoms with Gasteiger partial charge in [0.15, 0.2) is 0 Å². The first kappa shape index (κ1) is 16.0. The second kappa shape index (κ2) is 7.11. The molecule has 0 unspecified atom stereocenters. The first-order valence-electron chi connectivity index (χ1n) is 7.98. The van der Waals surface area contributed by atoms with Crippen molar-refractivity contribution < 1.29 is 0 Å². The Morgan fingerprint density at radius 1 is 0.870 bits per heavy atom. The van der Waals surface area contributed by atoms with Crippen molar-refractivity contribution in [2.45, 2.75) is 6.42 Å². The van der Waals surface area contributed by atoms with Crippen LogP contribution in [0.5, 0.6) is 0 Å². The van der Waals surface area contributed by atoms with Crippen molar-refractivity contribution in [2.24, 2.45) is 0 Å². The Labute approximate surface area is 142 Å². The van der Waals surface area contributed by atoms with Crippen LogP contribution in [-0.4, -0.2) is 37.6 Å². The first-order chi connectivity index (χ1) is 11.1. The van der Waals surface area contributed by atoms with Crippen molar-refractivity contribution in [2.75, 3.05) is 49.1 Å². The van der Waals surface area contributed by atoms with E-state index >= 15 is 0 Å². The van der Waals surface area contributed by atoms with Gasteiger partial charge in [0.05, 0.1) is 10.7 Å². The van der Waals surface area contributed by atoms with Crippen LogP contribution in [-0.2, 0) is 6.42 Å². The number of nitrogens with zero attached hydrogens (tertiary/aromatic N) is 2. The van der Waals surface area contributed by atoms with Crippen LogP contribution < -0.4 is 16.4 Å². The third-order valence-corrected chi connectivity index (χ3v) is 4.68. The van der Waals surface area contributed by atoms with E-state index in [2.05, 4.69) is 21.9 Å². The highest BCUT2D eigenvalue weighted by atomic mass is 35.5. The molecule has 2 aromatic rings. The summed E-state index contributed by atoms with van der Waals surface area (Å²) in [4.78, 5) is 4.83. The van der Waals surface area contributed by atoms with E-state index in [1.165, 1.54) is 5.56 Å². The highest BCUT2D eigenvalue weighted by Crippen LogP contribution is 2.28. The molecule has 0 amide bonds. The van der Waals surface area contributed by atoms with Crippen molar-refractivity contribution in [3.05, 3.63) is 53.1 Å². The molecule has 1 aliphatic heterocycles. The van der Waals surface area contributed by atoms with Gasteiger partial charge in [0.25, 0.3) is 0 Å². The quantitative estimate of drug-likeness (QED) is 0.846. The average Bonchev–Trinajstić information content (AvgIpc) is 2.55. The third kappa shape index (κ3) is 4.09. The molecule has 122 valence electrons. The Kier molecular flexibility index (Phi) is 4.94. The fraction of sp³-hybridized carbons (Fsp3) is 0.333. The van der Waals surface area contributed by atoms with Crippen LogP contribution >= 0.6 is 11.6 Å². The minimum absolute atomic E-state index is 0.709. The number of anilines is 3. The van der Waals surface area contributed by atoms with Crippen molar-refractivity contribution in [3.8, 4) is 0 Å². The first-order valence-corrected chi connectivity index (χ1v) is 8.36. The van der Waals surface area contributed by atoms with Crippen molar-refractivity contribution in [1.82, 2.24) is 4.90 Å². The molecule has 0 aliphatic carbocycles. The van der Waals surface area contributed by atoms with Gasteiger partial charge < -0.3 is 16.4 Å². The number of rotatable bonds is 4. The molecular weight excluding hydrogens is 308 g/mol. The van der Waals surface area contributed by atoms with E-state index in [9.17, 15) is 0 Å². The van der Waals surface area contributed by atoms with Crippen molar-refractivity contribution in [3.63, 3.8) is 0 Å². The van der Waals surface area contributed by atoms with Crippen LogP contribution in [0.3, 0.4) is 0 Å². The van der Waals surface area contributed by atoms with E-state index in [4.69, 9.17) is 23.1 Å². The third-order valence-electron chi connectivity index (χ3n) is 4.38. The fourth-order valence-electron chi connectivity index (χ4n) is 2.96. The summed E-state index contributed by atoms with van der Waals surface area (Å²) in [6, 6.07) is 13.9. The van der Waals surface area contributed by atoms with Gasteiger partial charge >= 0.3 is 0 Å². The fourth-order valence-corrected chi connectivity index (χ4v) is 3.27. The second-order valence-corrected chi connectivity index (χ2v) is 6.44. The Morgan fingerprint density at radius 2 is 1.52 bits per heavy atom. The van der Waals surface area contributed by atoms with Gasteiger partial charge in [-0.15, -0.1) is 0 Å². The molecule has 2 aromatic carbocycles. The average molecular weight is 331 g/mol. The molecule has 0 bridgehead atoms. The van der Waals surface area contributed by atoms with Gasteiger partial charge in [0.2, 0.25) is 0 Å². The number of piperazine rings is 1. The van der Waals surface area contributed by atoms with Gasteiger partial charge in [-0.3, -0.25) is 4.90 Å². The maximum Gasteiger partial charge on any atom is 0.0660 e. The molecule has 3 rings (SSSR count). The molecule has 1 saturated heterocycles. The number of hydrogen-bond acceptors (Lipinski definition) is 4. The highest BCUT2D eigenvalue weighted by Gasteiger charge is 2.18. The Morgan fingerprint density at radius 3 is 2.17 bits per heavy atom. The SMILES string of the molecule is Nc1ccc(CCN2CCN(c3ccc(N)cc3Cl)CC2)cc1. The molecule has 0 saturated carbocycles. The molecule has 1 aliphatic rings. The van der Waals surface area contributed by atoms with Gasteiger partial charge in [-0.05, 0) is 42.3 Å². The van der Waals surface area contributed by atoms with Gasteiger partial charge in [0, 0.05) is 44.1 Å². The lowest BCUT2D eigenvalue weighted by Gasteiger charge is -2.36. The molecule has 0 radical (unpaired) electrons. The van der Waals surface area contributed by atoms with E-state index in [-0.39, 0.29) is 0 Å². The zero-order valence-electron chi connectivity index (χ0n) is 13.2. The maximum atomic E-state index is 6.31. The summed E-state index contributed by atoms with van der Waals surface area (Å²) in [5, 5.41) is 0.736. The van der Waals surface area contributed by atoms with Crippen LogP contribution in [0.25, 0.3) is 0 Å². The standard InChI is InChI=1S/C18H23ClN4/c19-17-13-16(21)5-6-18(17)23-11-9-22(10-12-23)8-7-14-1-3-15(20)4-2-14/h1-6,13H,7-12,20-21H2. The zero-order chi connectivity index (χ0) is 16.2. The topological polar surface area (TPSA) is 58.5 Å². The lowest BCUT2D eigenvalue weighted by Crippen LogP contribution is -2.47. The number of nitrogen functional groups attached to an aromatic ring is 2. The largest absolute Gasteiger partial charge is 0.399 e. The smallest absolute Gasteiger partial charge is 0.0660 e. The number of benzene rings is 2. The van der Waals surface area contributed by atoms with Crippen molar-refractivity contribution >= 4 is 28.7 Å². The molecule has 0 atom stereocenters. The molecule has 23 heavy (non-hydrogen) atoms. The molecular formula is C18H23ClN4. The number of halogens is 1. The minimum Gasteiger partial charge on any atom is -0.399 e. The molecule has 0 spiro atoms. The molecule has 1 heterocycles. The predicted molar refractivity (Wildman–Crippen MR) is 99.1 cm³/mol. The normalized spacial score (nSPS) is 15.8. The van der Waals surface area contributed by atoms with E-state index in [0.717, 1.165) is 55.5 Å². The van der Waals surface area contributed by atoms with Crippen molar-refractivity contribution in [1.29, 1.82) is 0 Å². The van der Waals surface area contributed by atoms with Crippen LogP contribution in [0.1, 0.15) is 5.56 Å². The summed E-state index contributed by atoms with van der Waals surface area (Å²) in [5.41, 5.74) is 15.4. The van der Waals surface area contributed by atoms with Crippen LogP contribution in [0.2, 0.25) is 5.02 Å². The molecule has 0 aromatic heterocycles. The molecule has 1 fully saturated rings. The second-order valence-electron chi connectivity index (χ2n) is 6.03. The lowest BCUT2D eigenvalue weighted by molar-refractivity contribution is 0.261. The Hall–Kier alpha value is -1.91. The van der Waals surface area contributed by atoms with E-state index < -0.39 is 0 Å². The van der Waals surface area contributed by atoms with Crippen LogP contribution in [0.15, 0.2) is 42.5 Å². The summed E-state index contributed by atoms with van der Waals surface area (Å²) in [7, 11) is 0. The van der Waals surface area contributed by atoms with E-state index in [1.807, 2.05) is 30.3 Å². The minimum atomic E-state index is 0.709. The van der Waals surface area contributed by atoms with Gasteiger partial charge in [-0.2, -0.15) is 0 Å². The monoisotopic (exact) mass is 330 g/mol. The summed E-state index contributed by atoms with van der Waals surface area (Å²) in [6.45, 7) is 5.16. The molecule has 4 N–H and O–H groups in total. The van der Waals surface area contributed by atoms with Gasteiger partial charge in [-0.1, -0.05) is 23.7 Å². The van der Waals surface area contributed by atoms with E-state index in [1.54, 1.807) is 0 Å². The lowest BCUT2D eigenvalue weighted by atomic mass is 10.1. The van der Waals surface area contributed by atoms with Crippen LogP contribution in [0, 0.1) is 0 Å². The number of hydrogen-bond donors (Lipinski definition) is 2. The van der Waals surface area contributed by atoms with Gasteiger partial charge in [0.1, 0.15) is 0 Å². The Bertz CT molecular complexity index is 649. The summed E-state index contributed by atoms with van der Waals surface area (Å²) in [6.07, 6.45) is 1.06. The highest BCUT2D eigenvalue weighted by molar-refractivity contribution is 6.33. The molecule has 5 heteroatoms. The summed E-state index contributed by atoms with van der Waals surface area (Å²) in [5.74, 6) is 0. The van der Waals surface area contributed by atoms with E-state index in [0.29, 0.717) is 5.69 Å². The maximum absolute atomic E-state index is 6.31. The molecule has 4 nitrogen and oxygen atoms in total. The summed E-state index contributed by atoms with van der Waals surface area (Å²) < 4.78 is 0. The predicted octanol–water partition coefficient (Wildman–Crippen LogP) is 2.87. The van der Waals surface area contributed by atoms with Crippen LogP contribution in [0.4, 0.5) is 17.1 Å². The zero-order valence-corrected chi connectivity index (χ0v) is 14.0. The number of nitrogens with two attached hydrogens (primary N) is 2. The van der Waals surface area contributed by atoms with Gasteiger partial charge in [-0.25, -0.2) is 0 Å². The Balaban J connectivity index is 1.51. The summed E-state index contributed by atoms with van der Waals surface area (Å²) >= 11 is 6.31.